The number of carbonyl (C=O) groups excluding carboxylic acids is 2. The lowest BCUT2D eigenvalue weighted by Crippen LogP contribution is -2.17. The van der Waals surface area contributed by atoms with Crippen LogP contribution in [0, 0.1) is 0 Å². The molecule has 0 aliphatic heterocycles. The Kier molecular flexibility index (Phi) is 6.12. The van der Waals surface area contributed by atoms with Gasteiger partial charge < -0.3 is 10.2 Å². The molecule has 2 aromatic heterocycles. The number of rotatable bonds is 8. The van der Waals surface area contributed by atoms with E-state index >= 15 is 0 Å². The molecule has 3 aromatic rings. The molecule has 1 unspecified atom stereocenters. The largest absolute Gasteiger partial charge is 0.461 e. The maximum atomic E-state index is 12.7. The first kappa shape index (κ1) is 19.4. The zero-order chi connectivity index (χ0) is 19.4. The molecule has 1 amide bonds. The number of halogens is 1. The monoisotopic (exact) mass is 448 g/mol. The van der Waals surface area contributed by atoms with E-state index in [9.17, 15) is 9.59 Å². The highest BCUT2D eigenvalue weighted by Crippen LogP contribution is 2.29. The molecule has 0 saturated heterocycles. The highest BCUT2D eigenvalue weighted by molar-refractivity contribution is 9.10. The minimum atomic E-state index is -0.427. The van der Waals surface area contributed by atoms with Gasteiger partial charge in [-0.05, 0) is 31.2 Å². The van der Waals surface area contributed by atoms with Crippen molar-refractivity contribution in [2.45, 2.75) is 30.3 Å². The smallest absolute Gasteiger partial charge is 0.219 e. The van der Waals surface area contributed by atoms with Crippen LogP contribution in [0.2, 0.25) is 0 Å². The standard InChI is InChI=1S/C18H17BrN4O3S/c1-11(16(25)12-4-6-13(19)7-5-12)27-18-22-21-17(14-3-2-10-26-14)23(18)9-8-15(20)24/h2-7,10-11H,8-9H2,1H3,(H2,20,24). The van der Waals surface area contributed by atoms with E-state index < -0.39 is 5.91 Å². The van der Waals surface area contributed by atoms with Crippen LogP contribution < -0.4 is 5.73 Å². The fourth-order valence-corrected chi connectivity index (χ4v) is 3.66. The van der Waals surface area contributed by atoms with Gasteiger partial charge in [0.25, 0.3) is 0 Å². The van der Waals surface area contributed by atoms with Crippen LogP contribution in [0.4, 0.5) is 0 Å². The third-order valence-electron chi connectivity index (χ3n) is 3.82. The Labute approximate surface area is 168 Å². The van der Waals surface area contributed by atoms with Gasteiger partial charge in [-0.3, -0.25) is 14.2 Å². The first-order valence-electron chi connectivity index (χ1n) is 8.17. The van der Waals surface area contributed by atoms with Gasteiger partial charge in [0.15, 0.2) is 22.5 Å². The number of thioether (sulfide) groups is 1. The van der Waals surface area contributed by atoms with Crippen molar-refractivity contribution in [3.63, 3.8) is 0 Å². The van der Waals surface area contributed by atoms with E-state index in [0.717, 1.165) is 4.47 Å². The van der Waals surface area contributed by atoms with Crippen molar-refractivity contribution in [3.8, 4) is 11.6 Å². The van der Waals surface area contributed by atoms with Crippen molar-refractivity contribution in [2.75, 3.05) is 0 Å². The van der Waals surface area contributed by atoms with Crippen LogP contribution in [0.3, 0.4) is 0 Å². The topological polar surface area (TPSA) is 104 Å². The van der Waals surface area contributed by atoms with E-state index in [1.807, 2.05) is 19.1 Å². The number of carbonyl (C=O) groups is 2. The number of nitrogens with two attached hydrogens (primary N) is 1. The molecule has 0 saturated carbocycles. The Morgan fingerprint density at radius 3 is 2.63 bits per heavy atom. The highest BCUT2D eigenvalue weighted by Gasteiger charge is 2.22. The van der Waals surface area contributed by atoms with E-state index in [0.29, 0.717) is 28.8 Å². The Morgan fingerprint density at radius 2 is 2.00 bits per heavy atom. The van der Waals surface area contributed by atoms with Gasteiger partial charge in [-0.1, -0.05) is 39.8 Å². The van der Waals surface area contributed by atoms with Gasteiger partial charge in [0, 0.05) is 23.0 Å². The summed E-state index contributed by atoms with van der Waals surface area (Å²) in [4.78, 5) is 23.9. The van der Waals surface area contributed by atoms with Gasteiger partial charge >= 0.3 is 0 Å². The molecular formula is C18H17BrN4O3S. The third kappa shape index (κ3) is 4.67. The summed E-state index contributed by atoms with van der Waals surface area (Å²) in [5, 5.41) is 8.49. The number of nitrogens with zero attached hydrogens (tertiary/aromatic N) is 3. The quantitative estimate of drug-likeness (QED) is 0.417. The van der Waals surface area contributed by atoms with E-state index in [-0.39, 0.29) is 17.5 Å². The molecule has 9 heteroatoms. The molecule has 7 nitrogen and oxygen atoms in total. The predicted molar refractivity (Wildman–Crippen MR) is 105 cm³/mol. The van der Waals surface area contributed by atoms with Gasteiger partial charge in [-0.25, -0.2) is 0 Å². The van der Waals surface area contributed by atoms with Crippen molar-refractivity contribution in [1.29, 1.82) is 0 Å². The molecule has 140 valence electrons. The molecule has 0 aliphatic rings. The number of Topliss-reactive ketones (excluding diaryl/α,β-unsaturated/α-hetero) is 1. The molecule has 2 heterocycles. The van der Waals surface area contributed by atoms with E-state index in [1.54, 1.807) is 28.8 Å². The number of aromatic nitrogens is 3. The number of furan rings is 1. The first-order chi connectivity index (χ1) is 13.0. The molecule has 0 fully saturated rings. The number of amides is 1. The number of hydrogen-bond acceptors (Lipinski definition) is 6. The molecule has 1 aromatic carbocycles. The lowest BCUT2D eigenvalue weighted by Gasteiger charge is -2.12. The second kappa shape index (κ2) is 8.53. The zero-order valence-corrected chi connectivity index (χ0v) is 16.9. The van der Waals surface area contributed by atoms with Crippen LogP contribution in [0.25, 0.3) is 11.6 Å². The fourth-order valence-electron chi connectivity index (χ4n) is 2.45. The van der Waals surface area contributed by atoms with E-state index in [1.165, 1.54) is 18.0 Å². The van der Waals surface area contributed by atoms with Crippen LogP contribution in [-0.2, 0) is 11.3 Å². The van der Waals surface area contributed by atoms with Crippen LogP contribution in [0.1, 0.15) is 23.7 Å². The normalized spacial score (nSPS) is 12.1. The Balaban J connectivity index is 1.83. The minimum Gasteiger partial charge on any atom is -0.461 e. The average molecular weight is 449 g/mol. The van der Waals surface area contributed by atoms with Gasteiger partial charge in [0.2, 0.25) is 5.91 Å². The van der Waals surface area contributed by atoms with Crippen LogP contribution in [0.15, 0.2) is 56.7 Å². The lowest BCUT2D eigenvalue weighted by molar-refractivity contribution is -0.118. The summed E-state index contributed by atoms with van der Waals surface area (Å²) in [7, 11) is 0. The molecule has 0 bridgehead atoms. The number of hydrogen-bond donors (Lipinski definition) is 1. The summed E-state index contributed by atoms with van der Waals surface area (Å²) < 4.78 is 8.05. The summed E-state index contributed by atoms with van der Waals surface area (Å²) in [5.41, 5.74) is 5.90. The van der Waals surface area contributed by atoms with Gasteiger partial charge in [-0.2, -0.15) is 0 Å². The molecule has 0 radical (unpaired) electrons. The molecule has 0 spiro atoms. The summed E-state index contributed by atoms with van der Waals surface area (Å²) in [6, 6.07) is 10.7. The summed E-state index contributed by atoms with van der Waals surface area (Å²) >= 11 is 4.64. The van der Waals surface area contributed by atoms with Crippen molar-refractivity contribution >= 4 is 39.4 Å². The number of primary amides is 1. The number of benzene rings is 1. The fraction of sp³-hybridized carbons (Fsp3) is 0.222. The second-order valence-electron chi connectivity index (χ2n) is 5.78. The van der Waals surface area contributed by atoms with Gasteiger partial charge in [-0.15, -0.1) is 10.2 Å². The van der Waals surface area contributed by atoms with E-state index in [2.05, 4.69) is 26.1 Å². The van der Waals surface area contributed by atoms with Gasteiger partial charge in [0.05, 0.1) is 11.5 Å². The molecule has 1 atom stereocenters. The minimum absolute atomic E-state index is 0.0171. The van der Waals surface area contributed by atoms with Crippen molar-refractivity contribution in [2.24, 2.45) is 5.73 Å². The average Bonchev–Trinajstić information content (AvgIpc) is 3.29. The molecule has 3 rings (SSSR count). The molecular weight excluding hydrogens is 432 g/mol. The number of ketones is 1. The predicted octanol–water partition coefficient (Wildman–Crippen LogP) is 3.54. The Morgan fingerprint density at radius 1 is 1.26 bits per heavy atom. The van der Waals surface area contributed by atoms with Crippen LogP contribution in [-0.4, -0.2) is 31.7 Å². The summed E-state index contributed by atoms with van der Waals surface area (Å²) in [6.45, 7) is 2.12. The molecule has 27 heavy (non-hydrogen) atoms. The second-order valence-corrected chi connectivity index (χ2v) is 8.01. The molecule has 2 N–H and O–H groups in total. The Bertz CT molecular complexity index is 938. The summed E-state index contributed by atoms with van der Waals surface area (Å²) in [5.74, 6) is 0.582. The van der Waals surface area contributed by atoms with Gasteiger partial charge in [0.1, 0.15) is 0 Å². The SMILES string of the molecule is CC(Sc1nnc(-c2ccco2)n1CCC(N)=O)C(=O)c1ccc(Br)cc1. The van der Waals surface area contributed by atoms with Crippen molar-refractivity contribution in [3.05, 3.63) is 52.7 Å². The van der Waals surface area contributed by atoms with Crippen LogP contribution >= 0.6 is 27.7 Å². The highest BCUT2D eigenvalue weighted by atomic mass is 79.9. The zero-order valence-electron chi connectivity index (χ0n) is 14.5. The lowest BCUT2D eigenvalue weighted by atomic mass is 10.1. The van der Waals surface area contributed by atoms with Crippen LogP contribution in [0.5, 0.6) is 0 Å². The van der Waals surface area contributed by atoms with E-state index in [4.69, 9.17) is 10.2 Å². The third-order valence-corrected chi connectivity index (χ3v) is 5.43. The first-order valence-corrected chi connectivity index (χ1v) is 9.85. The van der Waals surface area contributed by atoms with Crippen molar-refractivity contribution < 1.29 is 14.0 Å². The Hall–Kier alpha value is -2.39. The van der Waals surface area contributed by atoms with Crippen molar-refractivity contribution in [1.82, 2.24) is 14.8 Å². The summed E-state index contributed by atoms with van der Waals surface area (Å²) in [6.07, 6.45) is 1.67. The maximum Gasteiger partial charge on any atom is 0.219 e. The molecule has 0 aliphatic carbocycles. The maximum absolute atomic E-state index is 12.7.